The van der Waals surface area contributed by atoms with Crippen LogP contribution in [0.2, 0.25) is 0 Å². The molecule has 0 saturated carbocycles. The minimum Gasteiger partial charge on any atom is -0.378 e. The maximum absolute atomic E-state index is 13.3. The van der Waals surface area contributed by atoms with Crippen molar-refractivity contribution in [1.29, 1.82) is 0 Å². The number of hydrogen-bond acceptors (Lipinski definition) is 3. The highest BCUT2D eigenvalue weighted by atomic mass is 19.3. The summed E-state index contributed by atoms with van der Waals surface area (Å²) in [5, 5.41) is 3.01. The molecule has 1 N–H and O–H groups in total. The summed E-state index contributed by atoms with van der Waals surface area (Å²) in [7, 11) is 3.95. The maximum Gasteiger partial charge on any atom is 0.321 e. The van der Waals surface area contributed by atoms with Gasteiger partial charge in [-0.2, -0.15) is 0 Å². The van der Waals surface area contributed by atoms with Gasteiger partial charge in [0.25, 0.3) is 6.43 Å². The van der Waals surface area contributed by atoms with Crippen LogP contribution in [0.25, 0.3) is 16.8 Å². The zero-order valence-corrected chi connectivity index (χ0v) is 20.4. The first-order valence-corrected chi connectivity index (χ1v) is 12.1. The summed E-state index contributed by atoms with van der Waals surface area (Å²) >= 11 is 0. The van der Waals surface area contributed by atoms with E-state index in [-0.39, 0.29) is 17.5 Å². The summed E-state index contributed by atoms with van der Waals surface area (Å²) in [6.45, 7) is 1.21. The van der Waals surface area contributed by atoms with Gasteiger partial charge in [0.15, 0.2) is 0 Å². The lowest BCUT2D eigenvalue weighted by Gasteiger charge is -2.32. The number of nitrogens with zero attached hydrogens (tertiary/aromatic N) is 4. The summed E-state index contributed by atoms with van der Waals surface area (Å²) in [5.74, 6) is 0.874. The number of pyridine rings is 1. The van der Waals surface area contributed by atoms with E-state index in [9.17, 15) is 13.6 Å². The Labute approximate surface area is 209 Å². The Hall–Kier alpha value is -3.94. The average molecular weight is 490 g/mol. The third-order valence-electron chi connectivity index (χ3n) is 6.70. The van der Waals surface area contributed by atoms with E-state index >= 15 is 0 Å². The fourth-order valence-corrected chi connectivity index (χ4v) is 4.80. The normalized spacial score (nSPS) is 15.9. The number of halogens is 2. The highest BCUT2D eigenvalue weighted by Crippen LogP contribution is 2.33. The Morgan fingerprint density at radius 3 is 2.64 bits per heavy atom. The number of imidazole rings is 1. The van der Waals surface area contributed by atoms with Crippen LogP contribution in [-0.4, -0.2) is 47.5 Å². The summed E-state index contributed by atoms with van der Waals surface area (Å²) in [4.78, 5) is 21.8. The van der Waals surface area contributed by atoms with Crippen LogP contribution in [0.4, 0.5) is 25.0 Å². The molecule has 3 heterocycles. The first kappa shape index (κ1) is 23.8. The van der Waals surface area contributed by atoms with Gasteiger partial charge in [0.2, 0.25) is 0 Å². The van der Waals surface area contributed by atoms with Crippen LogP contribution >= 0.6 is 0 Å². The zero-order chi connectivity index (χ0) is 25.2. The predicted molar refractivity (Wildman–Crippen MR) is 139 cm³/mol. The molecule has 0 spiro atoms. The number of carbonyl (C=O) groups is 1. The quantitative estimate of drug-likeness (QED) is 0.352. The predicted octanol–water partition coefficient (Wildman–Crippen LogP) is 6.42. The first-order chi connectivity index (χ1) is 17.4. The number of amides is 2. The van der Waals surface area contributed by atoms with E-state index in [1.54, 1.807) is 6.07 Å². The third kappa shape index (κ3) is 4.76. The smallest absolute Gasteiger partial charge is 0.321 e. The van der Waals surface area contributed by atoms with Crippen LogP contribution in [0.3, 0.4) is 0 Å². The number of hydrogen-bond donors (Lipinski definition) is 1. The lowest BCUT2D eigenvalue weighted by atomic mass is 9.97. The second kappa shape index (κ2) is 9.97. The van der Waals surface area contributed by atoms with Gasteiger partial charge in [-0.1, -0.05) is 24.3 Å². The van der Waals surface area contributed by atoms with Crippen molar-refractivity contribution in [1.82, 2.24) is 14.3 Å². The number of piperidine rings is 1. The Balaban J connectivity index is 1.39. The molecule has 8 heteroatoms. The van der Waals surface area contributed by atoms with Gasteiger partial charge in [-0.3, -0.25) is 0 Å². The van der Waals surface area contributed by atoms with E-state index < -0.39 is 6.43 Å². The standard InChI is InChI=1S/C28H29F2N5O/c1-33(2)23-13-11-22(12-14-23)31-28(36)34-15-6-9-21(18-34)27-32-25(24-10-3-4-16-35(24)27)19-7-5-8-20(17-19)26(29)30/h3-5,7-8,10-14,16-17,21,26H,6,9,15,18H2,1-2H3,(H,31,36)/t21-/m1/s1. The van der Waals surface area contributed by atoms with Crippen molar-refractivity contribution in [2.24, 2.45) is 0 Å². The molecule has 6 nitrogen and oxygen atoms in total. The van der Waals surface area contributed by atoms with Gasteiger partial charge in [-0.05, 0) is 55.3 Å². The Bertz CT molecular complexity index is 1370. The zero-order valence-electron chi connectivity index (χ0n) is 20.4. The minimum atomic E-state index is -2.54. The molecule has 1 aliphatic heterocycles. The maximum atomic E-state index is 13.3. The van der Waals surface area contributed by atoms with Gasteiger partial charge in [0.1, 0.15) is 5.82 Å². The van der Waals surface area contributed by atoms with E-state index in [1.165, 1.54) is 12.1 Å². The highest BCUT2D eigenvalue weighted by Gasteiger charge is 2.29. The van der Waals surface area contributed by atoms with E-state index in [0.29, 0.717) is 24.3 Å². The van der Waals surface area contributed by atoms with Crippen molar-refractivity contribution in [2.45, 2.75) is 25.2 Å². The SMILES string of the molecule is CN(C)c1ccc(NC(=O)N2CCC[C@@H](c3nc(-c4cccc(C(F)F)c4)c4ccccn34)C2)cc1. The Kier molecular flexibility index (Phi) is 6.59. The summed E-state index contributed by atoms with van der Waals surface area (Å²) in [5.41, 5.74) is 3.99. The molecule has 4 aromatic rings. The molecule has 1 saturated heterocycles. The fourth-order valence-electron chi connectivity index (χ4n) is 4.80. The van der Waals surface area contributed by atoms with Crippen LogP contribution in [0, 0.1) is 0 Å². The van der Waals surface area contributed by atoms with Crippen LogP contribution in [0.1, 0.15) is 36.6 Å². The number of likely N-dealkylation sites (tertiary alicyclic amines) is 1. The van der Waals surface area contributed by atoms with Crippen molar-refractivity contribution in [3.8, 4) is 11.3 Å². The van der Waals surface area contributed by atoms with Crippen LogP contribution in [0.5, 0.6) is 0 Å². The van der Waals surface area contributed by atoms with Gasteiger partial charge in [-0.25, -0.2) is 18.6 Å². The van der Waals surface area contributed by atoms with Gasteiger partial charge < -0.3 is 19.5 Å². The van der Waals surface area contributed by atoms with E-state index in [1.807, 2.05) is 83.0 Å². The number of anilines is 2. The van der Waals surface area contributed by atoms with E-state index in [2.05, 4.69) is 5.32 Å². The van der Waals surface area contributed by atoms with Crippen molar-refractivity contribution < 1.29 is 13.6 Å². The van der Waals surface area contributed by atoms with Crippen molar-refractivity contribution in [3.05, 3.63) is 84.3 Å². The second-order valence-corrected chi connectivity index (χ2v) is 9.36. The molecule has 1 atom stereocenters. The van der Waals surface area contributed by atoms with Crippen LogP contribution in [0.15, 0.2) is 72.9 Å². The summed E-state index contributed by atoms with van der Waals surface area (Å²) in [6, 6.07) is 19.8. The molecule has 2 aromatic heterocycles. The van der Waals surface area contributed by atoms with Gasteiger partial charge in [-0.15, -0.1) is 0 Å². The number of aromatic nitrogens is 2. The third-order valence-corrected chi connectivity index (χ3v) is 6.70. The van der Waals surface area contributed by atoms with Crippen molar-refractivity contribution in [3.63, 3.8) is 0 Å². The number of rotatable bonds is 5. The lowest BCUT2D eigenvalue weighted by molar-refractivity contribution is 0.151. The monoisotopic (exact) mass is 489 g/mol. The largest absolute Gasteiger partial charge is 0.378 e. The average Bonchev–Trinajstić information content (AvgIpc) is 3.29. The summed E-state index contributed by atoms with van der Waals surface area (Å²) in [6.07, 6.45) is 1.16. The Morgan fingerprint density at radius 2 is 1.89 bits per heavy atom. The molecular weight excluding hydrogens is 460 g/mol. The molecular formula is C28H29F2N5O. The van der Waals surface area contributed by atoms with Crippen molar-refractivity contribution >= 4 is 22.9 Å². The number of urea groups is 1. The lowest BCUT2D eigenvalue weighted by Crippen LogP contribution is -2.42. The number of fused-ring (bicyclic) bond motifs is 1. The fraction of sp³-hybridized carbons (Fsp3) is 0.286. The molecule has 5 rings (SSSR count). The molecule has 1 aliphatic rings. The topological polar surface area (TPSA) is 52.9 Å². The van der Waals surface area contributed by atoms with E-state index in [4.69, 9.17) is 4.98 Å². The van der Waals surface area contributed by atoms with Crippen LogP contribution in [-0.2, 0) is 0 Å². The van der Waals surface area contributed by atoms with E-state index in [0.717, 1.165) is 35.6 Å². The van der Waals surface area contributed by atoms with Gasteiger partial charge in [0.05, 0.1) is 11.2 Å². The number of carbonyl (C=O) groups excluding carboxylic acids is 1. The molecule has 1 fully saturated rings. The van der Waals surface area contributed by atoms with Gasteiger partial charge in [0, 0.05) is 61.8 Å². The first-order valence-electron chi connectivity index (χ1n) is 12.1. The molecule has 186 valence electrons. The number of nitrogens with one attached hydrogen (secondary N) is 1. The molecule has 2 aromatic carbocycles. The molecule has 0 unspecified atom stereocenters. The minimum absolute atomic E-state index is 0.0229. The Morgan fingerprint density at radius 1 is 1.08 bits per heavy atom. The van der Waals surface area contributed by atoms with Gasteiger partial charge >= 0.3 is 6.03 Å². The van der Waals surface area contributed by atoms with Crippen LogP contribution < -0.4 is 10.2 Å². The van der Waals surface area contributed by atoms with Crippen molar-refractivity contribution in [2.75, 3.05) is 37.4 Å². The molecule has 0 radical (unpaired) electrons. The highest BCUT2D eigenvalue weighted by molar-refractivity contribution is 5.89. The molecule has 0 bridgehead atoms. The molecule has 0 aliphatic carbocycles. The number of alkyl halides is 2. The summed E-state index contributed by atoms with van der Waals surface area (Å²) < 4.78 is 28.7. The second-order valence-electron chi connectivity index (χ2n) is 9.36. The molecule has 36 heavy (non-hydrogen) atoms. The number of benzene rings is 2. The molecule has 2 amide bonds.